The molecule has 6 nitrogen and oxygen atoms in total. The lowest BCUT2D eigenvalue weighted by molar-refractivity contribution is -0.143. The summed E-state index contributed by atoms with van der Waals surface area (Å²) < 4.78 is 5.25. The van der Waals surface area contributed by atoms with Crippen LogP contribution in [0.25, 0.3) is 10.8 Å². The molecule has 1 N–H and O–H groups in total. The van der Waals surface area contributed by atoms with E-state index in [9.17, 15) is 14.7 Å². The first-order valence-electron chi connectivity index (χ1n) is 6.70. The Kier molecular flexibility index (Phi) is 3.74. The highest BCUT2D eigenvalue weighted by atomic mass is 32.1. The van der Waals surface area contributed by atoms with Gasteiger partial charge in [0.25, 0.3) is 5.91 Å². The van der Waals surface area contributed by atoms with Gasteiger partial charge in [-0.3, -0.25) is 4.79 Å². The number of carboxylic acids is 1. The molecule has 1 saturated heterocycles. The highest BCUT2D eigenvalue weighted by molar-refractivity contribution is 7.16. The molecule has 3 rings (SSSR count). The summed E-state index contributed by atoms with van der Waals surface area (Å²) in [6.45, 7) is 0.476. The number of likely N-dealkylation sites (tertiary alicyclic amines) is 1. The number of aliphatic carboxylic acids is 1. The normalized spacial score (nSPS) is 18.7. The van der Waals surface area contributed by atoms with Crippen molar-refractivity contribution in [2.75, 3.05) is 6.54 Å². The summed E-state index contributed by atoms with van der Waals surface area (Å²) in [6.07, 6.45) is 5.20. The van der Waals surface area contributed by atoms with Gasteiger partial charge in [-0.25, -0.2) is 9.78 Å². The predicted octanol–water partition coefficient (Wildman–Crippen LogP) is 2.48. The summed E-state index contributed by atoms with van der Waals surface area (Å²) in [4.78, 5) is 29.8. The lowest BCUT2D eigenvalue weighted by Gasteiger charge is -2.32. The number of piperidine rings is 1. The summed E-state index contributed by atoms with van der Waals surface area (Å²) in [5.41, 5.74) is 0. The summed E-state index contributed by atoms with van der Waals surface area (Å²) in [5.74, 6) is -0.608. The molecule has 1 aliphatic heterocycles. The van der Waals surface area contributed by atoms with Crippen LogP contribution >= 0.6 is 11.3 Å². The largest absolute Gasteiger partial charge is 0.480 e. The van der Waals surface area contributed by atoms with Crippen molar-refractivity contribution in [2.24, 2.45) is 0 Å². The predicted molar refractivity (Wildman–Crippen MR) is 76.1 cm³/mol. The first-order chi connectivity index (χ1) is 10.2. The quantitative estimate of drug-likeness (QED) is 0.941. The van der Waals surface area contributed by atoms with E-state index in [1.54, 1.807) is 18.4 Å². The van der Waals surface area contributed by atoms with Crippen LogP contribution in [0, 0.1) is 0 Å². The Hall–Kier alpha value is -2.15. The van der Waals surface area contributed by atoms with Crippen LogP contribution in [0.5, 0.6) is 0 Å². The van der Waals surface area contributed by atoms with Crippen molar-refractivity contribution in [3.8, 4) is 10.8 Å². The molecule has 2 aromatic rings. The van der Waals surface area contributed by atoms with Crippen LogP contribution in [-0.2, 0) is 4.79 Å². The van der Waals surface area contributed by atoms with Crippen molar-refractivity contribution in [1.82, 2.24) is 9.88 Å². The second kappa shape index (κ2) is 5.69. The molecule has 110 valence electrons. The Morgan fingerprint density at radius 2 is 2.29 bits per heavy atom. The molecule has 0 radical (unpaired) electrons. The molecule has 1 amide bonds. The molecule has 21 heavy (non-hydrogen) atoms. The summed E-state index contributed by atoms with van der Waals surface area (Å²) in [7, 11) is 0. The Morgan fingerprint density at radius 3 is 3.00 bits per heavy atom. The number of furan rings is 1. The first kappa shape index (κ1) is 13.8. The molecular weight excluding hydrogens is 292 g/mol. The van der Waals surface area contributed by atoms with Crippen molar-refractivity contribution < 1.29 is 19.1 Å². The van der Waals surface area contributed by atoms with E-state index in [0.717, 1.165) is 12.8 Å². The average Bonchev–Trinajstić information content (AvgIpc) is 3.17. The topological polar surface area (TPSA) is 83.6 Å². The zero-order valence-electron chi connectivity index (χ0n) is 11.2. The molecule has 0 aromatic carbocycles. The third kappa shape index (κ3) is 2.69. The molecule has 2 aromatic heterocycles. The second-order valence-electron chi connectivity index (χ2n) is 4.86. The first-order valence-corrected chi connectivity index (χ1v) is 7.52. The van der Waals surface area contributed by atoms with Crippen molar-refractivity contribution in [1.29, 1.82) is 0 Å². The van der Waals surface area contributed by atoms with Gasteiger partial charge in [0.15, 0.2) is 10.8 Å². The number of nitrogens with zero attached hydrogens (tertiary/aromatic N) is 2. The van der Waals surface area contributed by atoms with Gasteiger partial charge in [0.1, 0.15) is 10.9 Å². The molecule has 0 spiro atoms. The van der Waals surface area contributed by atoms with E-state index in [0.29, 0.717) is 28.6 Å². The Labute approximate surface area is 125 Å². The fourth-order valence-corrected chi connectivity index (χ4v) is 3.30. The van der Waals surface area contributed by atoms with Gasteiger partial charge in [-0.2, -0.15) is 0 Å². The van der Waals surface area contributed by atoms with E-state index in [2.05, 4.69) is 4.98 Å². The van der Waals surface area contributed by atoms with E-state index in [4.69, 9.17) is 4.42 Å². The Bertz CT molecular complexity index is 650. The van der Waals surface area contributed by atoms with E-state index in [1.165, 1.54) is 22.4 Å². The number of thiazole rings is 1. The highest BCUT2D eigenvalue weighted by Gasteiger charge is 2.33. The third-order valence-electron chi connectivity index (χ3n) is 3.50. The Morgan fingerprint density at radius 1 is 1.43 bits per heavy atom. The number of aromatic nitrogens is 1. The van der Waals surface area contributed by atoms with Crippen LogP contribution in [0.4, 0.5) is 0 Å². The number of hydrogen-bond acceptors (Lipinski definition) is 5. The monoisotopic (exact) mass is 306 g/mol. The maximum Gasteiger partial charge on any atom is 0.326 e. The van der Waals surface area contributed by atoms with Crippen molar-refractivity contribution in [3.05, 3.63) is 29.5 Å². The van der Waals surface area contributed by atoms with Crippen LogP contribution < -0.4 is 0 Å². The minimum absolute atomic E-state index is 0.266. The number of carbonyl (C=O) groups excluding carboxylic acids is 1. The summed E-state index contributed by atoms with van der Waals surface area (Å²) in [6, 6.07) is 2.79. The fourth-order valence-electron chi connectivity index (χ4n) is 2.46. The lowest BCUT2D eigenvalue weighted by Crippen LogP contribution is -2.47. The van der Waals surface area contributed by atoms with Crippen molar-refractivity contribution in [2.45, 2.75) is 25.3 Å². The minimum atomic E-state index is -0.946. The molecular formula is C14H14N2O4S. The second-order valence-corrected chi connectivity index (χ2v) is 5.89. The Balaban J connectivity index is 1.83. The molecule has 0 aliphatic carbocycles. The number of hydrogen-bond donors (Lipinski definition) is 1. The van der Waals surface area contributed by atoms with Crippen molar-refractivity contribution in [3.63, 3.8) is 0 Å². The molecule has 1 fully saturated rings. The average molecular weight is 306 g/mol. The maximum atomic E-state index is 12.5. The van der Waals surface area contributed by atoms with Crippen LogP contribution in [0.15, 0.2) is 29.0 Å². The van der Waals surface area contributed by atoms with Crippen molar-refractivity contribution >= 4 is 23.2 Å². The standard InChI is InChI=1S/C14H14N2O4S/c17-13(16-6-2-1-4-9(16)14(18)19)11-8-15-12(21-11)10-5-3-7-20-10/h3,5,7-9H,1-2,4,6H2,(H,18,19). The zero-order valence-corrected chi connectivity index (χ0v) is 12.0. The molecule has 1 atom stereocenters. The minimum Gasteiger partial charge on any atom is -0.480 e. The van der Waals surface area contributed by atoms with Crippen LogP contribution in [0.1, 0.15) is 28.9 Å². The molecule has 0 bridgehead atoms. The molecule has 1 unspecified atom stereocenters. The SMILES string of the molecule is O=C(O)C1CCCCN1C(=O)c1cnc(-c2ccco2)s1. The van der Waals surface area contributed by atoms with E-state index in [1.807, 2.05) is 0 Å². The highest BCUT2D eigenvalue weighted by Crippen LogP contribution is 2.28. The van der Waals surface area contributed by atoms with E-state index in [-0.39, 0.29) is 5.91 Å². The van der Waals surface area contributed by atoms with E-state index >= 15 is 0 Å². The van der Waals surface area contributed by atoms with Gasteiger partial charge < -0.3 is 14.4 Å². The van der Waals surface area contributed by atoms with E-state index < -0.39 is 12.0 Å². The number of rotatable bonds is 3. The number of carboxylic acid groups (broad SMARTS) is 1. The maximum absolute atomic E-state index is 12.5. The van der Waals surface area contributed by atoms with Gasteiger partial charge in [-0.1, -0.05) is 0 Å². The number of carbonyl (C=O) groups is 2. The van der Waals surface area contributed by atoms with Gasteiger partial charge in [-0.15, -0.1) is 11.3 Å². The third-order valence-corrected chi connectivity index (χ3v) is 4.50. The summed E-state index contributed by atoms with van der Waals surface area (Å²) in [5, 5.41) is 9.86. The van der Waals surface area contributed by atoms with Gasteiger partial charge >= 0.3 is 5.97 Å². The van der Waals surface area contributed by atoms with Crippen LogP contribution in [0.3, 0.4) is 0 Å². The molecule has 1 aliphatic rings. The van der Waals surface area contributed by atoms with Crippen LogP contribution in [0.2, 0.25) is 0 Å². The molecule has 7 heteroatoms. The van der Waals surface area contributed by atoms with Gasteiger partial charge in [0.2, 0.25) is 0 Å². The fraction of sp³-hybridized carbons (Fsp3) is 0.357. The lowest BCUT2D eigenvalue weighted by atomic mass is 10.0. The number of amides is 1. The molecule has 0 saturated carbocycles. The van der Waals surface area contributed by atoms with Gasteiger partial charge in [-0.05, 0) is 31.4 Å². The van der Waals surface area contributed by atoms with Gasteiger partial charge in [0.05, 0.1) is 12.5 Å². The zero-order chi connectivity index (χ0) is 14.8. The van der Waals surface area contributed by atoms with Gasteiger partial charge in [0, 0.05) is 6.54 Å². The summed E-state index contributed by atoms with van der Waals surface area (Å²) >= 11 is 1.22. The smallest absolute Gasteiger partial charge is 0.326 e. The van der Waals surface area contributed by atoms with Crippen LogP contribution in [-0.4, -0.2) is 39.5 Å². The molecule has 3 heterocycles.